The molecule has 0 N–H and O–H groups in total. The van der Waals surface area contributed by atoms with Gasteiger partial charge in [-0.05, 0) is 43.7 Å². The Kier molecular flexibility index (Phi) is 6.75. The number of anilines is 1. The van der Waals surface area contributed by atoms with Crippen molar-refractivity contribution < 1.29 is 9.18 Å². The maximum atomic E-state index is 13.9. The molecule has 0 heterocycles. The number of Topliss-reactive ketones (excluding diaryl/α,β-unsaturated/α-hetero) is 1. The van der Waals surface area contributed by atoms with Gasteiger partial charge in [0.25, 0.3) is 0 Å². The first-order valence-corrected chi connectivity index (χ1v) is 8.74. The fraction of sp³-hybridized carbons (Fsp3) is 0.300. The topological polar surface area (TPSA) is 35.9 Å². The van der Waals surface area contributed by atoms with Gasteiger partial charge in [-0.25, -0.2) is 9.38 Å². The standard InChI is InChI=1S/C20H23ClFN3O/c1-5-24(3)13-23-18-11-16(21)15(10-14(18)2)20(26)12-25(4)19-9-7-6-8-17(19)22/h6-11,13H,5,12H2,1-4H3. The Balaban J connectivity index is 2.20. The van der Waals surface area contributed by atoms with Crippen LogP contribution >= 0.6 is 11.6 Å². The van der Waals surface area contributed by atoms with E-state index in [4.69, 9.17) is 11.6 Å². The minimum atomic E-state index is -0.366. The molecule has 0 amide bonds. The first-order valence-electron chi connectivity index (χ1n) is 8.37. The number of hydrogen-bond acceptors (Lipinski definition) is 3. The van der Waals surface area contributed by atoms with E-state index in [1.165, 1.54) is 6.07 Å². The van der Waals surface area contributed by atoms with Crippen LogP contribution in [0.2, 0.25) is 5.02 Å². The summed E-state index contributed by atoms with van der Waals surface area (Å²) in [7, 11) is 3.60. The third-order valence-electron chi connectivity index (χ3n) is 4.12. The normalized spacial score (nSPS) is 11.0. The van der Waals surface area contributed by atoms with Crippen LogP contribution in [0, 0.1) is 12.7 Å². The van der Waals surface area contributed by atoms with Gasteiger partial charge in [0.05, 0.1) is 29.3 Å². The lowest BCUT2D eigenvalue weighted by atomic mass is 10.1. The molecule has 0 saturated carbocycles. The highest BCUT2D eigenvalue weighted by molar-refractivity contribution is 6.34. The van der Waals surface area contributed by atoms with E-state index in [9.17, 15) is 9.18 Å². The molecule has 0 saturated heterocycles. The third-order valence-corrected chi connectivity index (χ3v) is 4.44. The summed E-state index contributed by atoms with van der Waals surface area (Å²) in [6.07, 6.45) is 1.73. The monoisotopic (exact) mass is 375 g/mol. The van der Waals surface area contributed by atoms with Crippen molar-refractivity contribution in [3.05, 3.63) is 58.4 Å². The van der Waals surface area contributed by atoms with Crippen LogP contribution in [0.4, 0.5) is 15.8 Å². The highest BCUT2D eigenvalue weighted by Gasteiger charge is 2.16. The van der Waals surface area contributed by atoms with Gasteiger partial charge in [-0.2, -0.15) is 0 Å². The molecule has 0 aliphatic heterocycles. The Labute approximate surface area is 158 Å². The van der Waals surface area contributed by atoms with Crippen molar-refractivity contribution in [1.29, 1.82) is 0 Å². The van der Waals surface area contributed by atoms with Crippen LogP contribution in [0.25, 0.3) is 0 Å². The molecule has 6 heteroatoms. The Hall–Kier alpha value is -2.40. The predicted octanol–water partition coefficient (Wildman–Crippen LogP) is 4.72. The second-order valence-corrected chi connectivity index (χ2v) is 6.57. The van der Waals surface area contributed by atoms with Gasteiger partial charge >= 0.3 is 0 Å². The van der Waals surface area contributed by atoms with Crippen molar-refractivity contribution in [2.75, 3.05) is 32.1 Å². The fourth-order valence-electron chi connectivity index (χ4n) is 2.41. The lowest BCUT2D eigenvalue weighted by Crippen LogP contribution is -2.26. The highest BCUT2D eigenvalue weighted by Crippen LogP contribution is 2.28. The predicted molar refractivity (Wildman–Crippen MR) is 107 cm³/mol. The quantitative estimate of drug-likeness (QED) is 0.399. The van der Waals surface area contributed by atoms with E-state index in [1.54, 1.807) is 48.6 Å². The van der Waals surface area contributed by atoms with Gasteiger partial charge in [0, 0.05) is 26.2 Å². The lowest BCUT2D eigenvalue weighted by Gasteiger charge is -2.19. The maximum Gasteiger partial charge on any atom is 0.183 e. The number of carbonyl (C=O) groups is 1. The SMILES string of the molecule is CCN(C)C=Nc1cc(Cl)c(C(=O)CN(C)c2ccccc2F)cc1C. The number of benzene rings is 2. The van der Waals surface area contributed by atoms with Crippen LogP contribution in [-0.4, -0.2) is 44.2 Å². The second-order valence-electron chi connectivity index (χ2n) is 6.17. The van der Waals surface area contributed by atoms with E-state index in [2.05, 4.69) is 4.99 Å². The Morgan fingerprint density at radius 2 is 1.96 bits per heavy atom. The number of rotatable bonds is 7. The number of hydrogen-bond donors (Lipinski definition) is 0. The van der Waals surface area contributed by atoms with Gasteiger partial charge in [-0.3, -0.25) is 4.79 Å². The molecule has 4 nitrogen and oxygen atoms in total. The molecule has 0 atom stereocenters. The maximum absolute atomic E-state index is 13.9. The summed E-state index contributed by atoms with van der Waals surface area (Å²) in [6, 6.07) is 9.78. The van der Waals surface area contributed by atoms with E-state index in [0.717, 1.165) is 12.1 Å². The first kappa shape index (κ1) is 19.9. The van der Waals surface area contributed by atoms with Gasteiger partial charge in [0.2, 0.25) is 0 Å². The number of carbonyl (C=O) groups excluding carboxylic acids is 1. The Morgan fingerprint density at radius 1 is 1.27 bits per heavy atom. The number of aryl methyl sites for hydroxylation is 1. The van der Waals surface area contributed by atoms with E-state index in [0.29, 0.717) is 22.0 Å². The summed E-state index contributed by atoms with van der Waals surface area (Å²) in [5.74, 6) is -0.542. The molecule has 2 aromatic rings. The molecule has 0 fully saturated rings. The fourth-order valence-corrected chi connectivity index (χ4v) is 2.68. The van der Waals surface area contributed by atoms with Crippen molar-refractivity contribution in [2.24, 2.45) is 4.99 Å². The van der Waals surface area contributed by atoms with Crippen molar-refractivity contribution in [2.45, 2.75) is 13.8 Å². The van der Waals surface area contributed by atoms with Crippen LogP contribution in [0.1, 0.15) is 22.8 Å². The average Bonchev–Trinajstić information content (AvgIpc) is 2.61. The zero-order valence-corrected chi connectivity index (χ0v) is 16.2. The second kappa shape index (κ2) is 8.81. The van der Waals surface area contributed by atoms with Crippen LogP contribution in [0.5, 0.6) is 0 Å². The smallest absolute Gasteiger partial charge is 0.183 e. The zero-order chi connectivity index (χ0) is 19.3. The van der Waals surface area contributed by atoms with E-state index >= 15 is 0 Å². The van der Waals surface area contributed by atoms with Crippen LogP contribution in [0.3, 0.4) is 0 Å². The van der Waals surface area contributed by atoms with E-state index in [1.807, 2.05) is 25.8 Å². The zero-order valence-electron chi connectivity index (χ0n) is 15.5. The van der Waals surface area contributed by atoms with E-state index in [-0.39, 0.29) is 18.1 Å². The Bertz CT molecular complexity index is 823. The molecule has 2 rings (SSSR count). The third kappa shape index (κ3) is 4.82. The molecule has 0 unspecified atom stereocenters. The van der Waals surface area contributed by atoms with Gasteiger partial charge in [-0.1, -0.05) is 23.7 Å². The Morgan fingerprint density at radius 3 is 2.62 bits per heavy atom. The van der Waals surface area contributed by atoms with Crippen LogP contribution < -0.4 is 4.90 Å². The van der Waals surface area contributed by atoms with Gasteiger partial charge in [0.1, 0.15) is 5.82 Å². The molecule has 138 valence electrons. The lowest BCUT2D eigenvalue weighted by molar-refractivity contribution is 0.100. The molecule has 0 aliphatic carbocycles. The van der Waals surface area contributed by atoms with Crippen molar-refractivity contribution >= 4 is 35.1 Å². The number of aliphatic imine (C=N–C) groups is 1. The molecule has 0 spiro atoms. The highest BCUT2D eigenvalue weighted by atomic mass is 35.5. The van der Waals surface area contributed by atoms with Crippen molar-refractivity contribution in [3.8, 4) is 0 Å². The molecule has 0 bridgehead atoms. The minimum Gasteiger partial charge on any atom is -0.366 e. The van der Waals surface area contributed by atoms with Crippen LogP contribution in [-0.2, 0) is 0 Å². The summed E-state index contributed by atoms with van der Waals surface area (Å²) in [4.78, 5) is 20.6. The van der Waals surface area contributed by atoms with Gasteiger partial charge in [-0.15, -0.1) is 0 Å². The van der Waals surface area contributed by atoms with Crippen molar-refractivity contribution in [1.82, 2.24) is 4.90 Å². The molecule has 0 radical (unpaired) electrons. The average molecular weight is 376 g/mol. The largest absolute Gasteiger partial charge is 0.366 e. The molecule has 26 heavy (non-hydrogen) atoms. The summed E-state index contributed by atoms with van der Waals surface area (Å²) in [5.41, 5.74) is 2.36. The summed E-state index contributed by atoms with van der Waals surface area (Å²) in [6.45, 7) is 4.78. The molecule has 2 aromatic carbocycles. The number of para-hydroxylation sites is 1. The number of halogens is 2. The molecular formula is C20H23ClFN3O. The number of ketones is 1. The summed E-state index contributed by atoms with van der Waals surface area (Å²) < 4.78 is 13.9. The van der Waals surface area contributed by atoms with Crippen LogP contribution in [0.15, 0.2) is 41.4 Å². The minimum absolute atomic E-state index is 0.0290. The summed E-state index contributed by atoms with van der Waals surface area (Å²) in [5, 5.41) is 0.342. The van der Waals surface area contributed by atoms with Gasteiger partial charge < -0.3 is 9.80 Å². The van der Waals surface area contributed by atoms with Gasteiger partial charge in [0.15, 0.2) is 5.78 Å². The first-order chi connectivity index (χ1) is 12.3. The number of nitrogens with zero attached hydrogens (tertiary/aromatic N) is 3. The molecular weight excluding hydrogens is 353 g/mol. The summed E-state index contributed by atoms with van der Waals surface area (Å²) >= 11 is 6.31. The molecule has 0 aromatic heterocycles. The molecule has 0 aliphatic rings. The van der Waals surface area contributed by atoms with E-state index < -0.39 is 0 Å². The number of likely N-dealkylation sites (N-methyl/N-ethyl adjacent to an activating group) is 1. The van der Waals surface area contributed by atoms with Crippen molar-refractivity contribution in [3.63, 3.8) is 0 Å².